The molecule has 1 aliphatic carbocycles. The molecule has 1 aromatic carbocycles. The normalized spacial score (nSPS) is 21.9. The first-order valence-electron chi connectivity index (χ1n) is 7.28. The van der Waals surface area contributed by atoms with Gasteiger partial charge in [0.05, 0.1) is 17.2 Å². The highest BCUT2D eigenvalue weighted by Gasteiger charge is 2.25. The molecule has 2 rings (SSSR count). The largest absolute Gasteiger partial charge is 0.490 e. The summed E-state index contributed by atoms with van der Waals surface area (Å²) < 4.78 is 17.9. The Morgan fingerprint density at radius 1 is 1.33 bits per heavy atom. The van der Waals surface area contributed by atoms with E-state index in [0.717, 1.165) is 36.4 Å². The van der Waals surface area contributed by atoms with Crippen molar-refractivity contribution in [2.24, 2.45) is 0 Å². The van der Waals surface area contributed by atoms with Gasteiger partial charge >= 0.3 is 0 Å². The molecule has 0 spiro atoms. The maximum atomic E-state index is 11.0. The lowest BCUT2D eigenvalue weighted by Gasteiger charge is -2.29. The average Bonchev–Trinajstić information content (AvgIpc) is 2.50. The van der Waals surface area contributed by atoms with Gasteiger partial charge in [0.15, 0.2) is 11.5 Å². The van der Waals surface area contributed by atoms with Gasteiger partial charge < -0.3 is 14.2 Å². The van der Waals surface area contributed by atoms with Crippen LogP contribution in [0.3, 0.4) is 0 Å². The third-order valence-electron chi connectivity index (χ3n) is 3.66. The Labute approximate surface area is 133 Å². The van der Waals surface area contributed by atoms with Crippen LogP contribution in [-0.4, -0.2) is 32.2 Å². The minimum absolute atomic E-state index is 0.112. The summed E-state index contributed by atoms with van der Waals surface area (Å²) in [5, 5.41) is 0. The summed E-state index contributed by atoms with van der Waals surface area (Å²) in [6.07, 6.45) is 5.24. The van der Waals surface area contributed by atoms with Crippen LogP contribution >= 0.6 is 15.9 Å². The summed E-state index contributed by atoms with van der Waals surface area (Å²) in [4.78, 5) is 11.0. The van der Waals surface area contributed by atoms with Gasteiger partial charge in [-0.25, -0.2) is 0 Å². The van der Waals surface area contributed by atoms with E-state index in [-0.39, 0.29) is 12.2 Å². The van der Waals surface area contributed by atoms with Crippen LogP contribution in [0.15, 0.2) is 16.6 Å². The number of methoxy groups -OCH3 is 1. The molecule has 0 N–H and O–H groups in total. The number of aldehydes is 1. The Balaban J connectivity index is 2.19. The second kappa shape index (κ2) is 7.80. The van der Waals surface area contributed by atoms with Crippen molar-refractivity contribution < 1.29 is 19.0 Å². The zero-order valence-corrected chi connectivity index (χ0v) is 14.0. The van der Waals surface area contributed by atoms with Crippen molar-refractivity contribution in [3.05, 3.63) is 22.2 Å². The van der Waals surface area contributed by atoms with Crippen LogP contribution in [0.2, 0.25) is 0 Å². The predicted octanol–water partition coefficient (Wildman–Crippen LogP) is 4.00. The Morgan fingerprint density at radius 2 is 2.10 bits per heavy atom. The van der Waals surface area contributed by atoms with E-state index in [1.165, 1.54) is 0 Å². The summed E-state index contributed by atoms with van der Waals surface area (Å²) in [6.45, 7) is 2.43. The second-order valence-corrected chi connectivity index (χ2v) is 6.00. The van der Waals surface area contributed by atoms with Gasteiger partial charge in [-0.2, -0.15) is 0 Å². The van der Waals surface area contributed by atoms with Gasteiger partial charge in [0, 0.05) is 19.1 Å². The van der Waals surface area contributed by atoms with Crippen molar-refractivity contribution in [2.45, 2.75) is 44.8 Å². The van der Waals surface area contributed by atoms with E-state index in [0.29, 0.717) is 23.7 Å². The molecule has 0 aromatic heterocycles. The van der Waals surface area contributed by atoms with Crippen molar-refractivity contribution in [1.82, 2.24) is 0 Å². The van der Waals surface area contributed by atoms with Crippen molar-refractivity contribution in [1.29, 1.82) is 0 Å². The van der Waals surface area contributed by atoms with E-state index in [1.54, 1.807) is 19.2 Å². The number of hydrogen-bond acceptors (Lipinski definition) is 4. The van der Waals surface area contributed by atoms with Crippen LogP contribution in [0, 0.1) is 0 Å². The highest BCUT2D eigenvalue weighted by Crippen LogP contribution is 2.39. The molecule has 1 fully saturated rings. The van der Waals surface area contributed by atoms with Crippen LogP contribution in [-0.2, 0) is 4.74 Å². The van der Waals surface area contributed by atoms with Gasteiger partial charge in [-0.05, 0) is 54.2 Å². The van der Waals surface area contributed by atoms with Crippen LogP contribution in [0.25, 0.3) is 0 Å². The van der Waals surface area contributed by atoms with Crippen LogP contribution < -0.4 is 9.47 Å². The monoisotopic (exact) mass is 356 g/mol. The van der Waals surface area contributed by atoms with E-state index < -0.39 is 0 Å². The van der Waals surface area contributed by atoms with E-state index >= 15 is 0 Å². The lowest BCUT2D eigenvalue weighted by Crippen LogP contribution is -2.29. The van der Waals surface area contributed by atoms with E-state index in [2.05, 4.69) is 15.9 Å². The molecular weight excluding hydrogens is 336 g/mol. The lowest BCUT2D eigenvalue weighted by atomic mass is 9.95. The molecule has 0 heterocycles. The summed E-state index contributed by atoms with van der Waals surface area (Å²) >= 11 is 3.47. The molecule has 1 saturated carbocycles. The number of benzene rings is 1. The first-order chi connectivity index (χ1) is 10.2. The maximum Gasteiger partial charge on any atom is 0.175 e. The van der Waals surface area contributed by atoms with Crippen molar-refractivity contribution in [3.8, 4) is 11.5 Å². The molecular formula is C16H21BrO4. The van der Waals surface area contributed by atoms with Gasteiger partial charge in [0.1, 0.15) is 12.4 Å². The molecule has 1 aliphatic rings. The maximum absolute atomic E-state index is 11.0. The molecule has 0 amide bonds. The van der Waals surface area contributed by atoms with Crippen molar-refractivity contribution in [3.63, 3.8) is 0 Å². The Hall–Kier alpha value is -1.07. The Bertz CT molecular complexity index is 489. The Morgan fingerprint density at radius 3 is 2.76 bits per heavy atom. The molecule has 21 heavy (non-hydrogen) atoms. The van der Waals surface area contributed by atoms with Gasteiger partial charge in [0.25, 0.3) is 0 Å². The molecule has 2 atom stereocenters. The number of rotatable bonds is 6. The van der Waals surface area contributed by atoms with Crippen LogP contribution in [0.4, 0.5) is 0 Å². The molecule has 0 aliphatic heterocycles. The quantitative estimate of drug-likeness (QED) is 0.722. The van der Waals surface area contributed by atoms with Crippen molar-refractivity contribution in [2.75, 3.05) is 13.7 Å². The van der Waals surface area contributed by atoms with Gasteiger partial charge in [-0.1, -0.05) is 0 Å². The van der Waals surface area contributed by atoms with Crippen molar-refractivity contribution >= 4 is 22.2 Å². The third-order valence-corrected chi connectivity index (χ3v) is 4.25. The van der Waals surface area contributed by atoms with E-state index in [1.807, 2.05) is 6.92 Å². The molecule has 5 heteroatoms. The zero-order valence-electron chi connectivity index (χ0n) is 12.4. The summed E-state index contributed by atoms with van der Waals surface area (Å²) in [7, 11) is 1.74. The van der Waals surface area contributed by atoms with E-state index in [9.17, 15) is 4.79 Å². The number of halogens is 1. The standard InChI is InChI=1S/C16H21BrO4/c1-3-20-15-8-11(10-18)7-14(17)16(15)21-13-6-4-5-12(9-13)19-2/h7-8,10,12-13H,3-6,9H2,1-2H3. The molecule has 0 radical (unpaired) electrons. The first-order valence-corrected chi connectivity index (χ1v) is 8.08. The molecule has 2 unspecified atom stereocenters. The summed E-state index contributed by atoms with van der Waals surface area (Å²) in [6, 6.07) is 3.47. The fraction of sp³-hybridized carbons (Fsp3) is 0.562. The van der Waals surface area contributed by atoms with Gasteiger partial charge in [0.2, 0.25) is 0 Å². The fourth-order valence-electron chi connectivity index (χ4n) is 2.62. The number of carbonyl (C=O) groups is 1. The average molecular weight is 357 g/mol. The number of carbonyl (C=O) groups excluding carboxylic acids is 1. The predicted molar refractivity (Wildman–Crippen MR) is 84.4 cm³/mol. The van der Waals surface area contributed by atoms with Crippen LogP contribution in [0.5, 0.6) is 11.5 Å². The molecule has 0 bridgehead atoms. The summed E-state index contributed by atoms with van der Waals surface area (Å²) in [5.74, 6) is 1.28. The fourth-order valence-corrected chi connectivity index (χ4v) is 3.18. The molecule has 4 nitrogen and oxygen atoms in total. The van der Waals surface area contributed by atoms with Gasteiger partial charge in [-0.3, -0.25) is 4.79 Å². The first kappa shape index (κ1) is 16.3. The number of hydrogen-bond donors (Lipinski definition) is 0. The SMILES string of the molecule is CCOc1cc(C=O)cc(Br)c1OC1CCCC(OC)C1. The highest BCUT2D eigenvalue weighted by atomic mass is 79.9. The van der Waals surface area contributed by atoms with E-state index in [4.69, 9.17) is 14.2 Å². The summed E-state index contributed by atoms with van der Waals surface area (Å²) in [5.41, 5.74) is 0.566. The Kier molecular flexibility index (Phi) is 6.06. The lowest BCUT2D eigenvalue weighted by molar-refractivity contribution is 0.0197. The minimum atomic E-state index is 0.112. The second-order valence-electron chi connectivity index (χ2n) is 5.15. The number of ether oxygens (including phenoxy) is 3. The molecule has 1 aromatic rings. The smallest absolute Gasteiger partial charge is 0.175 e. The highest BCUT2D eigenvalue weighted by molar-refractivity contribution is 9.10. The third kappa shape index (κ3) is 4.20. The molecule has 116 valence electrons. The van der Waals surface area contributed by atoms with Crippen LogP contribution in [0.1, 0.15) is 43.0 Å². The zero-order chi connectivity index (χ0) is 15.2. The minimum Gasteiger partial charge on any atom is -0.490 e. The van der Waals surface area contributed by atoms with Gasteiger partial charge in [-0.15, -0.1) is 0 Å². The molecule has 0 saturated heterocycles. The topological polar surface area (TPSA) is 44.8 Å².